The van der Waals surface area contributed by atoms with Crippen LogP contribution < -0.4 is 10.2 Å². The maximum absolute atomic E-state index is 12.4. The summed E-state index contributed by atoms with van der Waals surface area (Å²) in [4.78, 5) is 14.4. The van der Waals surface area contributed by atoms with E-state index in [0.717, 1.165) is 15.7 Å². The Morgan fingerprint density at radius 3 is 2.40 bits per heavy atom. The summed E-state index contributed by atoms with van der Waals surface area (Å²) in [5.74, 6) is 0.516. The van der Waals surface area contributed by atoms with Crippen LogP contribution in [0.4, 0.5) is 11.5 Å². The number of nitrogens with one attached hydrogen (secondary N) is 1. The van der Waals surface area contributed by atoms with Gasteiger partial charge in [0, 0.05) is 35.9 Å². The molecule has 5 nitrogen and oxygen atoms in total. The second kappa shape index (κ2) is 7.53. The number of anilines is 2. The zero-order valence-electron chi connectivity index (χ0n) is 14.1. The van der Waals surface area contributed by atoms with E-state index in [4.69, 9.17) is 0 Å². The molecule has 0 saturated carbocycles. The fourth-order valence-electron chi connectivity index (χ4n) is 2.43. The van der Waals surface area contributed by atoms with Crippen LogP contribution in [0.5, 0.6) is 0 Å². The molecule has 0 saturated heterocycles. The van der Waals surface area contributed by atoms with Crippen LogP contribution in [0.3, 0.4) is 0 Å². The number of nitrogens with zero attached hydrogens (tertiary/aromatic N) is 3. The van der Waals surface area contributed by atoms with E-state index >= 15 is 0 Å². The van der Waals surface area contributed by atoms with Crippen molar-refractivity contribution in [3.63, 3.8) is 0 Å². The molecule has 3 aromatic rings. The highest BCUT2D eigenvalue weighted by atomic mass is 79.9. The third kappa shape index (κ3) is 4.28. The topological polar surface area (TPSA) is 50.2 Å². The summed E-state index contributed by atoms with van der Waals surface area (Å²) in [5, 5.41) is 7.23. The molecule has 2 aromatic carbocycles. The van der Waals surface area contributed by atoms with Gasteiger partial charge < -0.3 is 10.2 Å². The Bertz CT molecular complexity index is 854. The Labute approximate surface area is 155 Å². The van der Waals surface area contributed by atoms with Crippen molar-refractivity contribution in [3.05, 3.63) is 76.4 Å². The van der Waals surface area contributed by atoms with Gasteiger partial charge in [-0.05, 0) is 42.0 Å². The minimum absolute atomic E-state index is 0.155. The molecular formula is C19H19BrN4O. The van der Waals surface area contributed by atoms with Crippen LogP contribution in [0, 0.1) is 0 Å². The Morgan fingerprint density at radius 2 is 1.76 bits per heavy atom. The number of hydrogen-bond acceptors (Lipinski definition) is 3. The van der Waals surface area contributed by atoms with Crippen molar-refractivity contribution in [2.24, 2.45) is 0 Å². The molecule has 0 spiro atoms. The summed E-state index contributed by atoms with van der Waals surface area (Å²) in [6.07, 6.45) is 1.69. The van der Waals surface area contributed by atoms with Gasteiger partial charge in [-0.15, -0.1) is 0 Å². The molecule has 0 fully saturated rings. The predicted octanol–water partition coefficient (Wildman–Crippen LogP) is 4.01. The second-order valence-corrected chi connectivity index (χ2v) is 6.81. The Morgan fingerprint density at radius 1 is 1.08 bits per heavy atom. The highest BCUT2D eigenvalue weighted by molar-refractivity contribution is 9.10. The van der Waals surface area contributed by atoms with E-state index in [-0.39, 0.29) is 5.91 Å². The molecule has 0 aliphatic carbocycles. The first kappa shape index (κ1) is 17.2. The first-order chi connectivity index (χ1) is 12.0. The Hall–Kier alpha value is -2.60. The normalized spacial score (nSPS) is 10.5. The van der Waals surface area contributed by atoms with Crippen molar-refractivity contribution in [3.8, 4) is 0 Å². The van der Waals surface area contributed by atoms with E-state index < -0.39 is 0 Å². The minimum Gasteiger partial charge on any atom is -0.378 e. The van der Waals surface area contributed by atoms with Crippen molar-refractivity contribution in [2.75, 3.05) is 24.3 Å². The molecule has 1 aromatic heterocycles. The van der Waals surface area contributed by atoms with Gasteiger partial charge in [-0.2, -0.15) is 5.10 Å². The Balaban J connectivity index is 1.72. The molecule has 0 aliphatic heterocycles. The third-order valence-electron chi connectivity index (χ3n) is 3.85. The molecule has 6 heteroatoms. The van der Waals surface area contributed by atoms with Gasteiger partial charge in [0.05, 0.1) is 12.7 Å². The van der Waals surface area contributed by atoms with Gasteiger partial charge in [-0.25, -0.2) is 4.68 Å². The van der Waals surface area contributed by atoms with Crippen LogP contribution in [0.1, 0.15) is 15.9 Å². The van der Waals surface area contributed by atoms with Crippen molar-refractivity contribution in [1.29, 1.82) is 0 Å². The number of amides is 1. The van der Waals surface area contributed by atoms with Crippen LogP contribution in [0.15, 0.2) is 65.3 Å². The highest BCUT2D eigenvalue weighted by Gasteiger charge is 2.10. The van der Waals surface area contributed by atoms with Crippen molar-refractivity contribution >= 4 is 33.3 Å². The maximum atomic E-state index is 12.4. The van der Waals surface area contributed by atoms with Crippen LogP contribution in [0.2, 0.25) is 0 Å². The molecule has 0 aliphatic rings. The molecule has 1 amide bonds. The zero-order chi connectivity index (χ0) is 17.8. The molecule has 25 heavy (non-hydrogen) atoms. The van der Waals surface area contributed by atoms with E-state index in [9.17, 15) is 4.79 Å². The van der Waals surface area contributed by atoms with E-state index in [2.05, 4.69) is 55.5 Å². The first-order valence-electron chi connectivity index (χ1n) is 7.88. The number of carbonyl (C=O) groups is 1. The number of hydrogen-bond donors (Lipinski definition) is 1. The standard InChI is InChI=1S/C19H19BrN4O/c1-23(2)17-9-3-14(4-10-17)13-24-18(11-12-21-24)22-19(25)15-5-7-16(20)8-6-15/h3-12H,13H2,1-2H3,(H,22,25). The van der Waals surface area contributed by atoms with Gasteiger partial charge in [0.25, 0.3) is 5.91 Å². The van der Waals surface area contributed by atoms with Gasteiger partial charge in [0.1, 0.15) is 5.82 Å². The molecular weight excluding hydrogens is 380 g/mol. The monoisotopic (exact) mass is 398 g/mol. The van der Waals surface area contributed by atoms with Gasteiger partial charge in [0.2, 0.25) is 0 Å². The molecule has 128 valence electrons. The predicted molar refractivity (Wildman–Crippen MR) is 104 cm³/mol. The number of aromatic nitrogens is 2. The van der Waals surface area contributed by atoms with Crippen LogP contribution >= 0.6 is 15.9 Å². The molecule has 3 rings (SSSR count). The lowest BCUT2D eigenvalue weighted by Gasteiger charge is -2.13. The van der Waals surface area contributed by atoms with E-state index in [0.29, 0.717) is 17.9 Å². The second-order valence-electron chi connectivity index (χ2n) is 5.90. The molecule has 0 bridgehead atoms. The molecule has 1 N–H and O–H groups in total. The van der Waals surface area contributed by atoms with Crippen LogP contribution in [-0.2, 0) is 6.54 Å². The lowest BCUT2D eigenvalue weighted by molar-refractivity contribution is 0.102. The Kier molecular flexibility index (Phi) is 5.19. The number of carbonyl (C=O) groups excluding carboxylic acids is 1. The van der Waals surface area contributed by atoms with E-state index in [1.54, 1.807) is 29.1 Å². The summed E-state index contributed by atoms with van der Waals surface area (Å²) in [6, 6.07) is 17.3. The summed E-state index contributed by atoms with van der Waals surface area (Å²) in [5.41, 5.74) is 2.87. The van der Waals surface area contributed by atoms with E-state index in [1.165, 1.54) is 0 Å². The minimum atomic E-state index is -0.155. The van der Waals surface area contributed by atoms with Gasteiger partial charge in [0.15, 0.2) is 0 Å². The molecule has 0 radical (unpaired) electrons. The van der Waals surface area contributed by atoms with Crippen LogP contribution in [0.25, 0.3) is 0 Å². The van der Waals surface area contributed by atoms with Crippen molar-refractivity contribution in [2.45, 2.75) is 6.54 Å². The van der Waals surface area contributed by atoms with E-state index in [1.807, 2.05) is 26.2 Å². The largest absolute Gasteiger partial charge is 0.378 e. The SMILES string of the molecule is CN(C)c1ccc(Cn2nccc2NC(=O)c2ccc(Br)cc2)cc1. The van der Waals surface area contributed by atoms with Gasteiger partial charge >= 0.3 is 0 Å². The average molecular weight is 399 g/mol. The summed E-state index contributed by atoms with van der Waals surface area (Å²) in [7, 11) is 4.02. The first-order valence-corrected chi connectivity index (χ1v) is 8.67. The number of rotatable bonds is 5. The highest BCUT2D eigenvalue weighted by Crippen LogP contribution is 2.16. The molecule has 0 atom stereocenters. The van der Waals surface area contributed by atoms with Crippen molar-refractivity contribution in [1.82, 2.24) is 9.78 Å². The summed E-state index contributed by atoms with van der Waals surface area (Å²) < 4.78 is 2.72. The maximum Gasteiger partial charge on any atom is 0.256 e. The third-order valence-corrected chi connectivity index (χ3v) is 4.38. The van der Waals surface area contributed by atoms with Crippen molar-refractivity contribution < 1.29 is 4.79 Å². The summed E-state index contributed by atoms with van der Waals surface area (Å²) >= 11 is 3.37. The zero-order valence-corrected chi connectivity index (χ0v) is 15.7. The van der Waals surface area contributed by atoms with Gasteiger partial charge in [-0.3, -0.25) is 4.79 Å². The number of halogens is 1. The molecule has 1 heterocycles. The summed E-state index contributed by atoms with van der Waals surface area (Å²) in [6.45, 7) is 0.594. The lowest BCUT2D eigenvalue weighted by atomic mass is 10.2. The smallest absolute Gasteiger partial charge is 0.256 e. The van der Waals surface area contributed by atoms with Gasteiger partial charge in [-0.1, -0.05) is 28.1 Å². The fraction of sp³-hybridized carbons (Fsp3) is 0.158. The average Bonchev–Trinajstić information content (AvgIpc) is 3.02. The quantitative estimate of drug-likeness (QED) is 0.705. The van der Waals surface area contributed by atoms with Crippen LogP contribution in [-0.4, -0.2) is 29.8 Å². The molecule has 0 unspecified atom stereocenters. The number of benzene rings is 2. The fourth-order valence-corrected chi connectivity index (χ4v) is 2.69. The lowest BCUT2D eigenvalue weighted by Crippen LogP contribution is -2.16.